The molecule has 7 nitrogen and oxygen atoms in total. The summed E-state index contributed by atoms with van der Waals surface area (Å²) in [4.78, 5) is 31.2. The van der Waals surface area contributed by atoms with Crippen LogP contribution in [0.1, 0.15) is 104 Å². The summed E-state index contributed by atoms with van der Waals surface area (Å²) in [5.74, 6) is 1.07. The lowest BCUT2D eigenvalue weighted by Gasteiger charge is -2.23. The fourth-order valence-corrected chi connectivity index (χ4v) is 5.90. The Morgan fingerprint density at radius 2 is 1.97 bits per heavy atom. The third-order valence-electron chi connectivity index (χ3n) is 7.82. The minimum Gasteiger partial charge on any atom is -0.469 e. The molecule has 0 radical (unpaired) electrons. The van der Waals surface area contributed by atoms with Crippen LogP contribution < -0.4 is 5.32 Å². The molecule has 8 heteroatoms. The summed E-state index contributed by atoms with van der Waals surface area (Å²) in [6.45, 7) is 2.25. The van der Waals surface area contributed by atoms with Crippen LogP contribution in [0.2, 0.25) is 5.02 Å². The van der Waals surface area contributed by atoms with Crippen molar-refractivity contribution in [3.8, 4) is 0 Å². The zero-order valence-electron chi connectivity index (χ0n) is 22.0. The Balaban J connectivity index is 1.29. The molecule has 1 aromatic heterocycles. The van der Waals surface area contributed by atoms with Gasteiger partial charge in [-0.2, -0.15) is 0 Å². The zero-order valence-corrected chi connectivity index (χ0v) is 22.7. The topological polar surface area (TPSA) is 84.7 Å². The molecule has 2 fully saturated rings. The highest BCUT2D eigenvalue weighted by molar-refractivity contribution is 6.30. The number of methoxy groups -OCH3 is 1. The largest absolute Gasteiger partial charge is 0.469 e. The molecular weight excluding hydrogens is 490 g/mol. The maximum atomic E-state index is 12.6. The number of hydrogen-bond acceptors (Lipinski definition) is 6. The second kappa shape index (κ2) is 14.0. The highest BCUT2D eigenvalue weighted by atomic mass is 35.5. The minimum atomic E-state index is -0.227. The van der Waals surface area contributed by atoms with Gasteiger partial charge in [0, 0.05) is 24.5 Å². The molecule has 1 aliphatic carbocycles. The van der Waals surface area contributed by atoms with E-state index in [-0.39, 0.29) is 17.9 Å². The molecule has 2 heterocycles. The Kier molecular flexibility index (Phi) is 10.4. The quantitative estimate of drug-likeness (QED) is 0.258. The van der Waals surface area contributed by atoms with Crippen LogP contribution in [0.5, 0.6) is 0 Å². The lowest BCUT2D eigenvalue weighted by Crippen LogP contribution is -2.26. The molecule has 1 saturated carbocycles. The third-order valence-corrected chi connectivity index (χ3v) is 8.06. The molecule has 1 amide bonds. The molecule has 202 valence electrons. The Morgan fingerprint density at radius 3 is 2.78 bits per heavy atom. The van der Waals surface area contributed by atoms with E-state index in [1.165, 1.54) is 51.9 Å². The number of nitrogens with zero attached hydrogens (tertiary/aromatic N) is 2. The standard InChI is InChI=1S/C29H40ClN3O4/c1-36-27(34)15-13-22-12-14-24(30)18-23(22)19-33-17-7-11-26(33)29-32-25(20-37-29)28(35)31-16-6-5-10-21-8-3-2-4-9-21/h12,14,18,20-21,26H,2-11,13,15-17,19H2,1H3,(H,31,35)/t26-/m1/s1. The number of esters is 1. The molecule has 2 aliphatic rings. The van der Waals surface area contributed by atoms with Gasteiger partial charge >= 0.3 is 5.97 Å². The van der Waals surface area contributed by atoms with E-state index in [9.17, 15) is 9.59 Å². The number of rotatable bonds is 12. The number of unbranched alkanes of at least 4 members (excludes halogenated alkanes) is 1. The number of aryl methyl sites for hydroxylation is 1. The van der Waals surface area contributed by atoms with Crippen molar-refractivity contribution in [2.24, 2.45) is 5.92 Å². The van der Waals surface area contributed by atoms with Gasteiger partial charge in [-0.15, -0.1) is 0 Å². The predicted octanol–water partition coefficient (Wildman–Crippen LogP) is 6.25. The van der Waals surface area contributed by atoms with Crippen molar-refractivity contribution < 1.29 is 18.7 Å². The smallest absolute Gasteiger partial charge is 0.305 e. The third kappa shape index (κ3) is 8.05. The molecule has 0 bridgehead atoms. The van der Waals surface area contributed by atoms with E-state index in [4.69, 9.17) is 20.8 Å². The molecule has 37 heavy (non-hydrogen) atoms. The van der Waals surface area contributed by atoms with Gasteiger partial charge < -0.3 is 14.5 Å². The SMILES string of the molecule is COC(=O)CCc1ccc(Cl)cc1CN1CCC[C@@H]1c1nc(C(=O)NCCCCC2CCCCC2)co1. The number of benzene rings is 1. The molecular formula is C29H40ClN3O4. The zero-order chi connectivity index (χ0) is 26.0. The van der Waals surface area contributed by atoms with Gasteiger partial charge in [0.2, 0.25) is 5.89 Å². The first-order valence-corrected chi connectivity index (χ1v) is 14.2. The molecule has 0 unspecified atom stereocenters. The first-order valence-electron chi connectivity index (χ1n) is 13.8. The number of carbonyl (C=O) groups is 2. The van der Waals surface area contributed by atoms with Crippen molar-refractivity contribution >= 4 is 23.5 Å². The van der Waals surface area contributed by atoms with Gasteiger partial charge in [0.15, 0.2) is 5.69 Å². The lowest BCUT2D eigenvalue weighted by atomic mass is 9.86. The fourth-order valence-electron chi connectivity index (χ4n) is 5.71. The second-order valence-electron chi connectivity index (χ2n) is 10.4. The Labute approximate surface area is 225 Å². The van der Waals surface area contributed by atoms with Crippen molar-refractivity contribution in [2.45, 2.75) is 89.6 Å². The van der Waals surface area contributed by atoms with Gasteiger partial charge in [-0.3, -0.25) is 14.5 Å². The molecule has 0 spiro atoms. The van der Waals surface area contributed by atoms with E-state index < -0.39 is 0 Å². The molecule has 1 N–H and O–H groups in total. The van der Waals surface area contributed by atoms with Crippen molar-refractivity contribution in [1.29, 1.82) is 0 Å². The molecule has 2 aromatic rings. The Bertz CT molecular complexity index is 1030. The lowest BCUT2D eigenvalue weighted by molar-refractivity contribution is -0.140. The fraction of sp³-hybridized carbons (Fsp3) is 0.621. The van der Waals surface area contributed by atoms with Crippen LogP contribution in [0.15, 0.2) is 28.9 Å². The van der Waals surface area contributed by atoms with Gasteiger partial charge in [-0.05, 0) is 61.4 Å². The monoisotopic (exact) mass is 529 g/mol. The summed E-state index contributed by atoms with van der Waals surface area (Å²) >= 11 is 6.30. The molecule has 4 rings (SSSR count). The van der Waals surface area contributed by atoms with Crippen molar-refractivity contribution in [3.63, 3.8) is 0 Å². The Hall–Kier alpha value is -2.38. The van der Waals surface area contributed by atoms with Crippen LogP contribution >= 0.6 is 11.6 Å². The van der Waals surface area contributed by atoms with Crippen molar-refractivity contribution in [1.82, 2.24) is 15.2 Å². The maximum absolute atomic E-state index is 12.6. The van der Waals surface area contributed by atoms with Crippen LogP contribution in [0.3, 0.4) is 0 Å². The number of oxazole rings is 1. The Morgan fingerprint density at radius 1 is 1.14 bits per heavy atom. The number of ether oxygens (including phenoxy) is 1. The summed E-state index contributed by atoms with van der Waals surface area (Å²) in [5.41, 5.74) is 2.51. The van der Waals surface area contributed by atoms with Crippen molar-refractivity contribution in [2.75, 3.05) is 20.2 Å². The van der Waals surface area contributed by atoms with E-state index in [0.29, 0.717) is 42.5 Å². The van der Waals surface area contributed by atoms with Gasteiger partial charge in [0.25, 0.3) is 5.91 Å². The summed E-state index contributed by atoms with van der Waals surface area (Å²) in [6.07, 6.45) is 14.7. The first kappa shape index (κ1) is 27.6. The first-order chi connectivity index (χ1) is 18.0. The van der Waals surface area contributed by atoms with Gasteiger partial charge in [0.05, 0.1) is 13.2 Å². The number of halogens is 1. The second-order valence-corrected chi connectivity index (χ2v) is 10.9. The average Bonchev–Trinajstić information content (AvgIpc) is 3.58. The molecule has 1 saturated heterocycles. The van der Waals surface area contributed by atoms with Crippen LogP contribution in [0.25, 0.3) is 0 Å². The molecule has 1 aliphatic heterocycles. The normalized spacial score (nSPS) is 18.7. The van der Waals surface area contributed by atoms with Crippen LogP contribution in [0, 0.1) is 5.92 Å². The van der Waals surface area contributed by atoms with E-state index in [1.807, 2.05) is 18.2 Å². The number of carbonyl (C=O) groups excluding carboxylic acids is 2. The highest BCUT2D eigenvalue weighted by Gasteiger charge is 2.31. The summed E-state index contributed by atoms with van der Waals surface area (Å²) in [7, 11) is 1.41. The van der Waals surface area contributed by atoms with E-state index in [0.717, 1.165) is 49.3 Å². The number of amides is 1. The summed E-state index contributed by atoms with van der Waals surface area (Å²) < 4.78 is 10.6. The number of nitrogens with one attached hydrogen (secondary N) is 1. The average molecular weight is 530 g/mol. The van der Waals surface area contributed by atoms with Crippen LogP contribution in [-0.2, 0) is 22.5 Å². The van der Waals surface area contributed by atoms with E-state index in [1.54, 1.807) is 0 Å². The maximum Gasteiger partial charge on any atom is 0.305 e. The van der Waals surface area contributed by atoms with Crippen molar-refractivity contribution in [3.05, 3.63) is 52.2 Å². The number of likely N-dealkylation sites (tertiary alicyclic amines) is 1. The van der Waals surface area contributed by atoms with Crippen LogP contribution in [0.4, 0.5) is 0 Å². The van der Waals surface area contributed by atoms with Gasteiger partial charge in [-0.1, -0.05) is 62.6 Å². The molecule has 1 aromatic carbocycles. The highest BCUT2D eigenvalue weighted by Crippen LogP contribution is 2.34. The summed E-state index contributed by atoms with van der Waals surface area (Å²) in [5, 5.41) is 3.67. The summed E-state index contributed by atoms with van der Waals surface area (Å²) in [6, 6.07) is 5.80. The number of hydrogen-bond donors (Lipinski definition) is 1. The van der Waals surface area contributed by atoms with Gasteiger partial charge in [0.1, 0.15) is 6.26 Å². The van der Waals surface area contributed by atoms with Crippen LogP contribution in [-0.4, -0.2) is 42.0 Å². The minimum absolute atomic E-state index is 0.00415. The predicted molar refractivity (Wildman–Crippen MR) is 143 cm³/mol. The number of aromatic nitrogens is 1. The molecule has 1 atom stereocenters. The van der Waals surface area contributed by atoms with E-state index in [2.05, 4.69) is 15.2 Å². The van der Waals surface area contributed by atoms with Gasteiger partial charge in [-0.25, -0.2) is 4.98 Å². The van der Waals surface area contributed by atoms with E-state index >= 15 is 0 Å².